The molecule has 0 spiro atoms. The van der Waals surface area contributed by atoms with Crippen LogP contribution in [0.25, 0.3) is 0 Å². The maximum atomic E-state index is 13.3. The van der Waals surface area contributed by atoms with Crippen molar-refractivity contribution in [3.05, 3.63) is 68.7 Å². The predicted octanol–water partition coefficient (Wildman–Crippen LogP) is 4.70. The highest BCUT2D eigenvalue weighted by Gasteiger charge is 2.19. The summed E-state index contributed by atoms with van der Waals surface area (Å²) in [5.41, 5.74) is 0.417. The van der Waals surface area contributed by atoms with Crippen LogP contribution in [0, 0.1) is 21.7 Å². The monoisotopic (exact) mass is 312 g/mol. The average molecular weight is 313 g/mol. The number of nitrogens with zero attached hydrogens (tertiary/aromatic N) is 1. The van der Waals surface area contributed by atoms with Crippen LogP contribution in [-0.4, -0.2) is 4.92 Å². The molecule has 0 bridgehead atoms. The molecule has 4 nitrogen and oxygen atoms in total. The lowest BCUT2D eigenvalue weighted by Gasteiger charge is -2.16. The molecular formula is C14H11ClF2N2O2. The molecule has 2 aromatic carbocycles. The van der Waals surface area contributed by atoms with E-state index in [1.807, 2.05) is 0 Å². The molecule has 0 radical (unpaired) electrons. The van der Waals surface area contributed by atoms with Gasteiger partial charge in [-0.1, -0.05) is 23.7 Å². The van der Waals surface area contributed by atoms with Gasteiger partial charge >= 0.3 is 0 Å². The van der Waals surface area contributed by atoms with E-state index in [0.29, 0.717) is 0 Å². The van der Waals surface area contributed by atoms with E-state index in [9.17, 15) is 18.9 Å². The number of anilines is 1. The molecule has 1 N–H and O–H groups in total. The van der Waals surface area contributed by atoms with Crippen LogP contribution in [0.2, 0.25) is 5.02 Å². The lowest BCUT2D eigenvalue weighted by Crippen LogP contribution is -2.08. The van der Waals surface area contributed by atoms with Gasteiger partial charge < -0.3 is 5.32 Å². The number of nitro benzene ring substituents is 1. The minimum Gasteiger partial charge on any atom is -0.373 e. The molecule has 21 heavy (non-hydrogen) atoms. The Hall–Kier alpha value is -2.21. The van der Waals surface area contributed by atoms with Gasteiger partial charge in [0, 0.05) is 6.04 Å². The van der Waals surface area contributed by atoms with E-state index in [1.54, 1.807) is 19.1 Å². The number of hydrogen-bond acceptors (Lipinski definition) is 3. The summed E-state index contributed by atoms with van der Waals surface area (Å²) in [5.74, 6) is -1.23. The first-order chi connectivity index (χ1) is 9.88. The molecule has 0 aliphatic rings. The Labute approximate surface area is 124 Å². The van der Waals surface area contributed by atoms with E-state index in [0.717, 1.165) is 17.7 Å². The molecule has 0 aliphatic heterocycles. The summed E-state index contributed by atoms with van der Waals surface area (Å²) in [6, 6.07) is 7.29. The van der Waals surface area contributed by atoms with Gasteiger partial charge in [-0.15, -0.1) is 0 Å². The number of benzene rings is 2. The van der Waals surface area contributed by atoms with Gasteiger partial charge in [-0.2, -0.15) is 0 Å². The second-order valence-corrected chi connectivity index (χ2v) is 4.87. The lowest BCUT2D eigenvalue weighted by atomic mass is 10.1. The zero-order valence-electron chi connectivity index (χ0n) is 10.9. The van der Waals surface area contributed by atoms with Crippen molar-refractivity contribution in [1.82, 2.24) is 0 Å². The molecule has 0 amide bonds. The normalized spacial score (nSPS) is 12.0. The van der Waals surface area contributed by atoms with Gasteiger partial charge in [0.25, 0.3) is 5.69 Å². The van der Waals surface area contributed by atoms with Crippen LogP contribution in [0.4, 0.5) is 20.2 Å². The maximum absolute atomic E-state index is 13.3. The summed E-state index contributed by atoms with van der Waals surface area (Å²) in [4.78, 5) is 10.3. The third-order valence-electron chi connectivity index (χ3n) is 2.98. The van der Waals surface area contributed by atoms with Crippen molar-refractivity contribution in [3.8, 4) is 0 Å². The first-order valence-electron chi connectivity index (χ1n) is 6.04. The maximum Gasteiger partial charge on any atom is 0.295 e. The molecule has 2 rings (SSSR count). The van der Waals surface area contributed by atoms with E-state index in [-0.39, 0.29) is 22.6 Å². The third-order valence-corrected chi connectivity index (χ3v) is 3.27. The summed E-state index contributed by atoms with van der Waals surface area (Å²) in [6.45, 7) is 1.74. The number of rotatable bonds is 4. The molecule has 2 aromatic rings. The fourth-order valence-electron chi connectivity index (χ4n) is 1.87. The smallest absolute Gasteiger partial charge is 0.295 e. The fourth-order valence-corrected chi connectivity index (χ4v) is 2.03. The second-order valence-electron chi connectivity index (χ2n) is 4.46. The molecule has 0 saturated carbocycles. The Bertz CT molecular complexity index is 677. The molecule has 1 atom stereocenters. The zero-order valence-corrected chi connectivity index (χ0v) is 11.7. The Morgan fingerprint density at radius 3 is 2.43 bits per heavy atom. The van der Waals surface area contributed by atoms with E-state index < -0.39 is 16.4 Å². The van der Waals surface area contributed by atoms with Crippen molar-refractivity contribution < 1.29 is 13.7 Å². The van der Waals surface area contributed by atoms with E-state index >= 15 is 0 Å². The molecule has 0 aliphatic carbocycles. The molecular weight excluding hydrogens is 302 g/mol. The van der Waals surface area contributed by atoms with Crippen molar-refractivity contribution in [2.75, 3.05) is 5.32 Å². The zero-order chi connectivity index (χ0) is 15.6. The summed E-state index contributed by atoms with van der Waals surface area (Å²) in [7, 11) is 0. The fraction of sp³-hybridized carbons (Fsp3) is 0.143. The number of nitrogens with one attached hydrogen (secondary N) is 1. The van der Waals surface area contributed by atoms with Crippen LogP contribution in [-0.2, 0) is 0 Å². The van der Waals surface area contributed by atoms with Crippen molar-refractivity contribution >= 4 is 23.0 Å². The average Bonchev–Trinajstić information content (AvgIpc) is 2.43. The summed E-state index contributed by atoms with van der Waals surface area (Å²) in [5, 5.41) is 13.6. The Balaban J connectivity index is 2.32. The Morgan fingerprint density at radius 1 is 1.24 bits per heavy atom. The Morgan fingerprint density at radius 2 is 1.86 bits per heavy atom. The first-order valence-corrected chi connectivity index (χ1v) is 6.41. The molecule has 7 heteroatoms. The third kappa shape index (κ3) is 3.46. The van der Waals surface area contributed by atoms with E-state index in [1.165, 1.54) is 12.1 Å². The van der Waals surface area contributed by atoms with E-state index in [4.69, 9.17) is 11.6 Å². The standard InChI is InChI=1S/C14H11ClF2N2O2/c1-8(9-2-4-10(16)5-3-9)18-13-6-11(15)12(17)7-14(13)19(20)21/h2-8,18H,1H3. The summed E-state index contributed by atoms with van der Waals surface area (Å²) < 4.78 is 26.2. The van der Waals surface area contributed by atoms with Gasteiger partial charge in [-0.25, -0.2) is 8.78 Å². The topological polar surface area (TPSA) is 55.2 Å². The van der Waals surface area contributed by atoms with Crippen LogP contribution < -0.4 is 5.32 Å². The summed E-state index contributed by atoms with van der Waals surface area (Å²) >= 11 is 5.65. The van der Waals surface area contributed by atoms with Crippen LogP contribution in [0.3, 0.4) is 0 Å². The van der Waals surface area contributed by atoms with Crippen molar-refractivity contribution in [1.29, 1.82) is 0 Å². The van der Waals surface area contributed by atoms with Crippen molar-refractivity contribution in [2.45, 2.75) is 13.0 Å². The molecule has 110 valence electrons. The summed E-state index contributed by atoms with van der Waals surface area (Å²) in [6.07, 6.45) is 0. The Kier molecular flexibility index (Phi) is 4.37. The second kappa shape index (κ2) is 6.05. The first kappa shape index (κ1) is 15.2. The molecule has 1 unspecified atom stereocenters. The van der Waals surface area contributed by atoms with Crippen LogP contribution in [0.15, 0.2) is 36.4 Å². The van der Waals surface area contributed by atoms with Gasteiger partial charge in [-0.05, 0) is 30.7 Å². The minimum absolute atomic E-state index is 0.100. The van der Waals surface area contributed by atoms with Crippen molar-refractivity contribution in [2.24, 2.45) is 0 Å². The molecule has 0 fully saturated rings. The highest BCUT2D eigenvalue weighted by molar-refractivity contribution is 6.31. The number of nitro groups is 1. The van der Waals surface area contributed by atoms with E-state index in [2.05, 4.69) is 5.32 Å². The van der Waals surface area contributed by atoms with Gasteiger partial charge in [0.2, 0.25) is 0 Å². The van der Waals surface area contributed by atoms with Crippen LogP contribution in [0.1, 0.15) is 18.5 Å². The SMILES string of the molecule is CC(Nc1cc(Cl)c(F)cc1[N+](=O)[O-])c1ccc(F)cc1. The lowest BCUT2D eigenvalue weighted by molar-refractivity contribution is -0.384. The van der Waals surface area contributed by atoms with Crippen molar-refractivity contribution in [3.63, 3.8) is 0 Å². The van der Waals surface area contributed by atoms with Crippen LogP contribution >= 0.6 is 11.6 Å². The molecule has 0 aromatic heterocycles. The van der Waals surface area contributed by atoms with Gasteiger partial charge in [0.05, 0.1) is 16.0 Å². The number of halogens is 3. The predicted molar refractivity (Wildman–Crippen MR) is 76.5 cm³/mol. The highest BCUT2D eigenvalue weighted by atomic mass is 35.5. The minimum atomic E-state index is -0.858. The van der Waals surface area contributed by atoms with Crippen LogP contribution in [0.5, 0.6) is 0 Å². The largest absolute Gasteiger partial charge is 0.373 e. The quantitative estimate of drug-likeness (QED) is 0.657. The number of hydrogen-bond donors (Lipinski definition) is 1. The highest BCUT2D eigenvalue weighted by Crippen LogP contribution is 2.32. The van der Waals surface area contributed by atoms with Gasteiger partial charge in [0.15, 0.2) is 0 Å². The van der Waals surface area contributed by atoms with Gasteiger partial charge in [0.1, 0.15) is 17.3 Å². The van der Waals surface area contributed by atoms with Gasteiger partial charge in [-0.3, -0.25) is 10.1 Å². The molecule has 0 saturated heterocycles. The molecule has 0 heterocycles.